The van der Waals surface area contributed by atoms with Gasteiger partial charge in [-0.15, -0.1) is 0 Å². The molecule has 0 bridgehead atoms. The van der Waals surface area contributed by atoms with Crippen LogP contribution in [0.25, 0.3) is 0 Å². The minimum atomic E-state index is -2.54. The van der Waals surface area contributed by atoms with E-state index < -0.39 is 6.43 Å². The average Bonchev–Trinajstić information content (AvgIpc) is 2.16. The number of aromatic nitrogens is 1. The third-order valence-electron chi connectivity index (χ3n) is 1.80. The predicted molar refractivity (Wildman–Crippen MR) is 53.1 cm³/mol. The van der Waals surface area contributed by atoms with E-state index in [0.29, 0.717) is 16.7 Å². The lowest BCUT2D eigenvalue weighted by molar-refractivity contribution is 0.146. The van der Waals surface area contributed by atoms with Crippen molar-refractivity contribution in [2.75, 3.05) is 7.11 Å². The highest BCUT2D eigenvalue weighted by molar-refractivity contribution is 9.08. The van der Waals surface area contributed by atoms with Gasteiger partial charge in [0.2, 0.25) is 0 Å². The van der Waals surface area contributed by atoms with Crippen LogP contribution in [0.15, 0.2) is 6.07 Å². The van der Waals surface area contributed by atoms with Gasteiger partial charge in [0.15, 0.2) is 0 Å². The molecule has 1 heterocycles. The first-order valence-electron chi connectivity index (χ1n) is 3.98. The van der Waals surface area contributed by atoms with Gasteiger partial charge < -0.3 is 4.74 Å². The van der Waals surface area contributed by atoms with Gasteiger partial charge in [0.25, 0.3) is 6.43 Å². The Kier molecular flexibility index (Phi) is 3.80. The third-order valence-corrected chi connectivity index (χ3v) is 2.37. The van der Waals surface area contributed by atoms with Crippen molar-refractivity contribution >= 4 is 15.9 Å². The number of halogens is 3. The molecule has 0 amide bonds. The van der Waals surface area contributed by atoms with E-state index in [4.69, 9.17) is 4.74 Å². The molecule has 0 fully saturated rings. The number of methoxy groups -OCH3 is 1. The molecule has 0 aliphatic carbocycles. The minimum Gasteiger partial charge on any atom is -0.494 e. The smallest absolute Gasteiger partial charge is 0.267 e. The fraction of sp³-hybridized carbons (Fsp3) is 0.444. The van der Waals surface area contributed by atoms with Crippen LogP contribution in [-0.2, 0) is 5.33 Å². The van der Waals surface area contributed by atoms with E-state index in [9.17, 15) is 8.78 Å². The second-order valence-corrected chi connectivity index (χ2v) is 3.32. The van der Waals surface area contributed by atoms with Gasteiger partial charge in [-0.2, -0.15) is 0 Å². The van der Waals surface area contributed by atoms with Gasteiger partial charge in [0.05, 0.1) is 24.1 Å². The number of pyridine rings is 1. The van der Waals surface area contributed by atoms with Gasteiger partial charge in [0.1, 0.15) is 5.75 Å². The molecule has 0 aromatic carbocycles. The number of nitrogens with zero attached hydrogens (tertiary/aromatic N) is 1. The Morgan fingerprint density at radius 3 is 2.64 bits per heavy atom. The summed E-state index contributed by atoms with van der Waals surface area (Å²) in [5.74, 6) is 0.171. The first-order chi connectivity index (χ1) is 6.60. The summed E-state index contributed by atoms with van der Waals surface area (Å²) in [7, 11) is 1.36. The van der Waals surface area contributed by atoms with E-state index in [-0.39, 0.29) is 11.3 Å². The lowest BCUT2D eigenvalue weighted by Gasteiger charge is -2.11. The molecule has 0 saturated carbocycles. The summed E-state index contributed by atoms with van der Waals surface area (Å²) in [6, 6.07) is 1.35. The van der Waals surface area contributed by atoms with E-state index >= 15 is 0 Å². The summed E-state index contributed by atoms with van der Waals surface area (Å²) in [6.45, 7) is 1.65. The van der Waals surface area contributed by atoms with Crippen molar-refractivity contribution in [2.24, 2.45) is 0 Å². The Labute approximate surface area is 89.4 Å². The molecular formula is C9H10BrF2NO. The van der Waals surface area contributed by atoms with Crippen LogP contribution in [-0.4, -0.2) is 12.1 Å². The zero-order valence-electron chi connectivity index (χ0n) is 7.85. The van der Waals surface area contributed by atoms with Gasteiger partial charge in [-0.25, -0.2) is 8.78 Å². The fourth-order valence-electron chi connectivity index (χ4n) is 1.25. The Morgan fingerprint density at radius 2 is 2.21 bits per heavy atom. The highest BCUT2D eigenvalue weighted by Gasteiger charge is 2.17. The van der Waals surface area contributed by atoms with Crippen LogP contribution in [0.1, 0.15) is 23.4 Å². The van der Waals surface area contributed by atoms with E-state index in [1.54, 1.807) is 6.92 Å². The van der Waals surface area contributed by atoms with Gasteiger partial charge in [-0.1, -0.05) is 15.9 Å². The Balaban J connectivity index is 3.28. The quantitative estimate of drug-likeness (QED) is 0.783. The standard InChI is InChI=1S/C9H10BrF2NO/c1-5-8(14-2)7(9(11)12)3-6(4-10)13-5/h3,9H,4H2,1-2H3. The molecule has 1 aromatic rings. The number of aryl methyl sites for hydroxylation is 1. The van der Waals surface area contributed by atoms with Gasteiger partial charge in [0, 0.05) is 5.33 Å². The van der Waals surface area contributed by atoms with Crippen molar-refractivity contribution in [3.8, 4) is 5.75 Å². The molecule has 1 rings (SSSR count). The SMILES string of the molecule is COc1c(C(F)F)cc(CBr)nc1C. The lowest BCUT2D eigenvalue weighted by Crippen LogP contribution is -2.00. The summed E-state index contributed by atoms with van der Waals surface area (Å²) in [6.07, 6.45) is -2.54. The van der Waals surface area contributed by atoms with Crippen molar-refractivity contribution in [2.45, 2.75) is 18.7 Å². The Morgan fingerprint density at radius 1 is 1.57 bits per heavy atom. The van der Waals surface area contributed by atoms with Crippen molar-refractivity contribution in [3.63, 3.8) is 0 Å². The van der Waals surface area contributed by atoms with Gasteiger partial charge in [-0.05, 0) is 13.0 Å². The summed E-state index contributed by atoms with van der Waals surface area (Å²) in [5, 5.41) is 0.456. The number of hydrogen-bond acceptors (Lipinski definition) is 2. The molecule has 0 spiro atoms. The zero-order chi connectivity index (χ0) is 10.7. The molecule has 0 saturated heterocycles. The maximum absolute atomic E-state index is 12.6. The number of alkyl halides is 3. The molecule has 2 nitrogen and oxygen atoms in total. The maximum Gasteiger partial charge on any atom is 0.267 e. The Hall–Kier alpha value is -0.710. The number of hydrogen-bond donors (Lipinski definition) is 0. The predicted octanol–water partition coefficient (Wildman–Crippen LogP) is 3.23. The van der Waals surface area contributed by atoms with Crippen molar-refractivity contribution in [1.29, 1.82) is 0 Å². The average molecular weight is 266 g/mol. The second-order valence-electron chi connectivity index (χ2n) is 2.76. The summed E-state index contributed by atoms with van der Waals surface area (Å²) < 4.78 is 30.1. The summed E-state index contributed by atoms with van der Waals surface area (Å²) >= 11 is 3.17. The van der Waals surface area contributed by atoms with Crippen molar-refractivity contribution in [3.05, 3.63) is 23.0 Å². The maximum atomic E-state index is 12.6. The van der Waals surface area contributed by atoms with Crippen molar-refractivity contribution in [1.82, 2.24) is 4.98 Å². The van der Waals surface area contributed by atoms with Crippen LogP contribution in [0, 0.1) is 6.92 Å². The molecule has 0 aliphatic rings. The van der Waals surface area contributed by atoms with Crippen LogP contribution < -0.4 is 4.74 Å². The van der Waals surface area contributed by atoms with E-state index in [1.165, 1.54) is 13.2 Å². The highest BCUT2D eigenvalue weighted by Crippen LogP contribution is 2.31. The lowest BCUT2D eigenvalue weighted by atomic mass is 10.2. The monoisotopic (exact) mass is 265 g/mol. The largest absolute Gasteiger partial charge is 0.494 e. The van der Waals surface area contributed by atoms with Crippen LogP contribution >= 0.6 is 15.9 Å². The molecule has 0 atom stereocenters. The number of rotatable bonds is 3. The van der Waals surface area contributed by atoms with E-state index in [2.05, 4.69) is 20.9 Å². The van der Waals surface area contributed by atoms with E-state index in [1.807, 2.05) is 0 Å². The topological polar surface area (TPSA) is 22.1 Å². The fourth-order valence-corrected chi connectivity index (χ4v) is 1.54. The molecule has 0 aliphatic heterocycles. The first-order valence-corrected chi connectivity index (χ1v) is 5.10. The molecule has 0 unspecified atom stereocenters. The van der Waals surface area contributed by atoms with Crippen LogP contribution in [0.5, 0.6) is 5.75 Å². The van der Waals surface area contributed by atoms with E-state index in [0.717, 1.165) is 0 Å². The second kappa shape index (κ2) is 4.68. The zero-order valence-corrected chi connectivity index (χ0v) is 9.44. The molecular weight excluding hydrogens is 256 g/mol. The van der Waals surface area contributed by atoms with Gasteiger partial charge >= 0.3 is 0 Å². The van der Waals surface area contributed by atoms with Crippen LogP contribution in [0.4, 0.5) is 8.78 Å². The van der Waals surface area contributed by atoms with Crippen molar-refractivity contribution < 1.29 is 13.5 Å². The first kappa shape index (κ1) is 11.4. The summed E-state index contributed by atoms with van der Waals surface area (Å²) in [5.41, 5.74) is 0.966. The molecule has 5 heteroatoms. The normalized spacial score (nSPS) is 10.7. The number of ether oxygens (including phenoxy) is 1. The highest BCUT2D eigenvalue weighted by atomic mass is 79.9. The molecule has 0 radical (unpaired) electrons. The molecule has 14 heavy (non-hydrogen) atoms. The van der Waals surface area contributed by atoms with Crippen LogP contribution in [0.3, 0.4) is 0 Å². The molecule has 0 N–H and O–H groups in total. The summed E-state index contributed by atoms with van der Waals surface area (Å²) in [4.78, 5) is 4.10. The third kappa shape index (κ3) is 2.20. The molecule has 1 aromatic heterocycles. The molecule has 78 valence electrons. The Bertz CT molecular complexity index is 331. The van der Waals surface area contributed by atoms with Gasteiger partial charge in [-0.3, -0.25) is 4.98 Å². The minimum absolute atomic E-state index is 0.102. The van der Waals surface area contributed by atoms with Crippen LogP contribution in [0.2, 0.25) is 0 Å².